The number of hydrogen-bond donors (Lipinski definition) is 1. The summed E-state index contributed by atoms with van der Waals surface area (Å²) in [4.78, 5) is 0. The van der Waals surface area contributed by atoms with Crippen LogP contribution in [0.3, 0.4) is 0 Å². The summed E-state index contributed by atoms with van der Waals surface area (Å²) in [5.41, 5.74) is 6.44. The minimum Gasteiger partial charge on any atom is -0.364 e. The van der Waals surface area contributed by atoms with Gasteiger partial charge in [0.25, 0.3) is 0 Å². The lowest BCUT2D eigenvalue weighted by Gasteiger charge is -2.27. The van der Waals surface area contributed by atoms with Crippen molar-refractivity contribution in [1.29, 1.82) is 0 Å². The SMILES string of the molecule is CCCNC1CCc2cccc(-c3nocc3CC)c2C1. The van der Waals surface area contributed by atoms with Crippen LogP contribution in [0.4, 0.5) is 0 Å². The molecule has 3 nitrogen and oxygen atoms in total. The number of aryl methyl sites for hydroxylation is 2. The van der Waals surface area contributed by atoms with Crippen LogP contribution in [0.2, 0.25) is 0 Å². The number of aromatic nitrogens is 1. The van der Waals surface area contributed by atoms with Gasteiger partial charge in [-0.1, -0.05) is 37.2 Å². The molecular weight excluding hydrogens is 260 g/mol. The fourth-order valence-corrected chi connectivity index (χ4v) is 3.26. The fraction of sp³-hybridized carbons (Fsp3) is 0.500. The molecule has 0 spiro atoms. The average Bonchev–Trinajstić information content (AvgIpc) is 3.00. The molecule has 1 atom stereocenters. The molecule has 0 fully saturated rings. The molecule has 21 heavy (non-hydrogen) atoms. The van der Waals surface area contributed by atoms with Gasteiger partial charge in [-0.15, -0.1) is 0 Å². The van der Waals surface area contributed by atoms with E-state index in [4.69, 9.17) is 4.52 Å². The third-order valence-corrected chi connectivity index (χ3v) is 4.45. The first-order valence-corrected chi connectivity index (χ1v) is 8.11. The van der Waals surface area contributed by atoms with Crippen molar-refractivity contribution in [3.63, 3.8) is 0 Å². The molecule has 112 valence electrons. The molecule has 1 aromatic carbocycles. The highest BCUT2D eigenvalue weighted by Crippen LogP contribution is 2.32. The van der Waals surface area contributed by atoms with Crippen molar-refractivity contribution < 1.29 is 4.52 Å². The van der Waals surface area contributed by atoms with E-state index in [1.807, 2.05) is 0 Å². The third kappa shape index (κ3) is 2.88. The van der Waals surface area contributed by atoms with Gasteiger partial charge in [0.15, 0.2) is 0 Å². The van der Waals surface area contributed by atoms with Crippen molar-refractivity contribution in [2.24, 2.45) is 0 Å². The van der Waals surface area contributed by atoms with Crippen LogP contribution in [0.1, 0.15) is 43.4 Å². The Morgan fingerprint density at radius 1 is 1.33 bits per heavy atom. The summed E-state index contributed by atoms with van der Waals surface area (Å²) in [6, 6.07) is 7.20. The molecular formula is C18H24N2O. The minimum absolute atomic E-state index is 0.593. The van der Waals surface area contributed by atoms with E-state index in [0.717, 1.165) is 31.5 Å². The Bertz CT molecular complexity index is 603. The first-order valence-electron chi connectivity index (χ1n) is 8.11. The van der Waals surface area contributed by atoms with E-state index in [-0.39, 0.29) is 0 Å². The minimum atomic E-state index is 0.593. The largest absolute Gasteiger partial charge is 0.364 e. The van der Waals surface area contributed by atoms with E-state index >= 15 is 0 Å². The van der Waals surface area contributed by atoms with Crippen molar-refractivity contribution in [2.75, 3.05) is 6.54 Å². The first kappa shape index (κ1) is 14.3. The highest BCUT2D eigenvalue weighted by molar-refractivity contribution is 5.68. The zero-order valence-corrected chi connectivity index (χ0v) is 13.0. The van der Waals surface area contributed by atoms with Gasteiger partial charge in [0.1, 0.15) is 12.0 Å². The zero-order chi connectivity index (χ0) is 14.7. The summed E-state index contributed by atoms with van der Waals surface area (Å²) in [6.07, 6.45) is 7.42. The molecule has 1 aliphatic carbocycles. The fourth-order valence-electron chi connectivity index (χ4n) is 3.26. The van der Waals surface area contributed by atoms with Crippen LogP contribution in [0.25, 0.3) is 11.3 Å². The second kappa shape index (κ2) is 6.44. The molecule has 0 amide bonds. The molecule has 0 radical (unpaired) electrons. The van der Waals surface area contributed by atoms with Crippen LogP contribution in [0.5, 0.6) is 0 Å². The summed E-state index contributed by atoms with van der Waals surface area (Å²) in [6.45, 7) is 5.47. The summed E-state index contributed by atoms with van der Waals surface area (Å²) < 4.78 is 5.21. The van der Waals surface area contributed by atoms with Crippen LogP contribution in [0.15, 0.2) is 29.0 Å². The second-order valence-electron chi connectivity index (χ2n) is 5.88. The molecule has 1 heterocycles. The maximum absolute atomic E-state index is 5.21. The second-order valence-corrected chi connectivity index (χ2v) is 5.88. The van der Waals surface area contributed by atoms with Gasteiger partial charge in [0.05, 0.1) is 0 Å². The molecule has 0 aliphatic heterocycles. The Balaban J connectivity index is 1.94. The molecule has 3 rings (SSSR count). The van der Waals surface area contributed by atoms with Crippen LogP contribution in [0, 0.1) is 0 Å². The summed E-state index contributed by atoms with van der Waals surface area (Å²) in [5, 5.41) is 7.93. The Hall–Kier alpha value is -1.61. The normalized spacial score (nSPS) is 17.7. The van der Waals surface area contributed by atoms with Crippen molar-refractivity contribution >= 4 is 0 Å². The van der Waals surface area contributed by atoms with Crippen molar-refractivity contribution in [2.45, 2.75) is 52.0 Å². The van der Waals surface area contributed by atoms with E-state index in [2.05, 4.69) is 42.5 Å². The summed E-state index contributed by atoms with van der Waals surface area (Å²) in [5.74, 6) is 0. The van der Waals surface area contributed by atoms with Gasteiger partial charge >= 0.3 is 0 Å². The molecule has 0 bridgehead atoms. The molecule has 2 aromatic rings. The standard InChI is InChI=1S/C18H24N2O/c1-3-10-19-15-9-8-14-6-5-7-16(17(14)11-15)18-13(4-2)12-21-20-18/h5-7,12,15,19H,3-4,8-11H2,1-2H3. The highest BCUT2D eigenvalue weighted by atomic mass is 16.5. The van der Waals surface area contributed by atoms with Crippen molar-refractivity contribution in [1.82, 2.24) is 10.5 Å². The predicted octanol–water partition coefficient (Wildman–Crippen LogP) is 3.76. The van der Waals surface area contributed by atoms with E-state index in [1.165, 1.54) is 35.1 Å². The number of hydrogen-bond acceptors (Lipinski definition) is 3. The smallest absolute Gasteiger partial charge is 0.127 e. The van der Waals surface area contributed by atoms with Gasteiger partial charge < -0.3 is 9.84 Å². The lowest BCUT2D eigenvalue weighted by molar-refractivity contribution is 0.421. The maximum atomic E-state index is 5.21. The topological polar surface area (TPSA) is 38.1 Å². The van der Waals surface area contributed by atoms with E-state index in [9.17, 15) is 0 Å². The number of nitrogens with zero attached hydrogens (tertiary/aromatic N) is 1. The van der Waals surface area contributed by atoms with Gasteiger partial charge in [0.2, 0.25) is 0 Å². The monoisotopic (exact) mass is 284 g/mol. The van der Waals surface area contributed by atoms with Crippen LogP contribution >= 0.6 is 0 Å². The molecule has 1 aromatic heterocycles. The Morgan fingerprint density at radius 2 is 2.24 bits per heavy atom. The molecule has 0 saturated heterocycles. The lowest BCUT2D eigenvalue weighted by Crippen LogP contribution is -2.35. The Morgan fingerprint density at radius 3 is 3.05 bits per heavy atom. The van der Waals surface area contributed by atoms with Gasteiger partial charge in [-0.2, -0.15) is 0 Å². The summed E-state index contributed by atoms with van der Waals surface area (Å²) >= 11 is 0. The van der Waals surface area contributed by atoms with Gasteiger partial charge in [-0.25, -0.2) is 0 Å². The third-order valence-electron chi connectivity index (χ3n) is 4.45. The predicted molar refractivity (Wildman–Crippen MR) is 85.4 cm³/mol. The zero-order valence-electron chi connectivity index (χ0n) is 13.0. The van der Waals surface area contributed by atoms with E-state index in [0.29, 0.717) is 6.04 Å². The van der Waals surface area contributed by atoms with E-state index < -0.39 is 0 Å². The van der Waals surface area contributed by atoms with Gasteiger partial charge in [-0.05, 0) is 49.8 Å². The quantitative estimate of drug-likeness (QED) is 0.908. The maximum Gasteiger partial charge on any atom is 0.127 e. The lowest BCUT2D eigenvalue weighted by atomic mass is 9.84. The molecule has 1 unspecified atom stereocenters. The molecule has 3 heteroatoms. The molecule has 0 saturated carbocycles. The Kier molecular flexibility index (Phi) is 4.39. The average molecular weight is 284 g/mol. The van der Waals surface area contributed by atoms with E-state index in [1.54, 1.807) is 6.26 Å². The van der Waals surface area contributed by atoms with Gasteiger partial charge in [0, 0.05) is 17.2 Å². The molecule has 1 N–H and O–H groups in total. The number of benzene rings is 1. The summed E-state index contributed by atoms with van der Waals surface area (Å²) in [7, 11) is 0. The highest BCUT2D eigenvalue weighted by Gasteiger charge is 2.22. The van der Waals surface area contributed by atoms with Crippen molar-refractivity contribution in [3.8, 4) is 11.3 Å². The van der Waals surface area contributed by atoms with Crippen molar-refractivity contribution in [3.05, 3.63) is 41.2 Å². The number of nitrogens with one attached hydrogen (secondary N) is 1. The van der Waals surface area contributed by atoms with Gasteiger partial charge in [-0.3, -0.25) is 0 Å². The van der Waals surface area contributed by atoms with Crippen LogP contribution in [-0.2, 0) is 19.3 Å². The van der Waals surface area contributed by atoms with Crippen LogP contribution < -0.4 is 5.32 Å². The Labute approximate surface area is 126 Å². The first-order chi connectivity index (χ1) is 10.3. The number of rotatable bonds is 5. The van der Waals surface area contributed by atoms with Crippen LogP contribution in [-0.4, -0.2) is 17.7 Å². The number of fused-ring (bicyclic) bond motifs is 1. The molecule has 1 aliphatic rings.